The molecule has 28 heavy (non-hydrogen) atoms. The molecule has 1 aliphatic heterocycles. The maximum atomic E-state index is 13.0. The maximum absolute atomic E-state index is 13.0. The van der Waals surface area contributed by atoms with Gasteiger partial charge in [-0.25, -0.2) is 4.39 Å². The van der Waals surface area contributed by atoms with Gasteiger partial charge < -0.3 is 9.88 Å². The summed E-state index contributed by atoms with van der Waals surface area (Å²) < 4.78 is 13.0. The zero-order valence-electron chi connectivity index (χ0n) is 15.5. The van der Waals surface area contributed by atoms with E-state index in [2.05, 4.69) is 16.0 Å². The third-order valence-corrected chi connectivity index (χ3v) is 5.34. The molecule has 0 radical (unpaired) electrons. The summed E-state index contributed by atoms with van der Waals surface area (Å²) >= 11 is 0. The standard InChI is InChI=1S/C22H21FN4O/c23-19-4-1-16(2-5-19)7-8-26-9-11-27(12-10-26)22(28)17-3-6-21-20(13-17)18(14-24)15-25-21/h1-6,13,15,25H,7-12H2. The number of carbonyl (C=O) groups is 1. The number of aromatic nitrogens is 1. The van der Waals surface area contributed by atoms with Crippen LogP contribution >= 0.6 is 0 Å². The molecule has 2 heterocycles. The zero-order valence-corrected chi connectivity index (χ0v) is 15.5. The molecule has 1 amide bonds. The highest BCUT2D eigenvalue weighted by atomic mass is 19.1. The van der Waals surface area contributed by atoms with Gasteiger partial charge in [-0.05, 0) is 42.3 Å². The van der Waals surface area contributed by atoms with E-state index in [4.69, 9.17) is 0 Å². The first kappa shape index (κ1) is 18.2. The van der Waals surface area contributed by atoms with Crippen LogP contribution in [0.4, 0.5) is 4.39 Å². The molecule has 0 unspecified atom stereocenters. The summed E-state index contributed by atoms with van der Waals surface area (Å²) in [5, 5.41) is 9.97. The van der Waals surface area contributed by atoms with Gasteiger partial charge in [-0.15, -0.1) is 0 Å². The van der Waals surface area contributed by atoms with E-state index in [1.807, 2.05) is 29.2 Å². The van der Waals surface area contributed by atoms with Crippen molar-refractivity contribution in [1.29, 1.82) is 5.26 Å². The van der Waals surface area contributed by atoms with Gasteiger partial charge in [0.15, 0.2) is 0 Å². The fourth-order valence-electron chi connectivity index (χ4n) is 3.64. The number of halogens is 1. The van der Waals surface area contributed by atoms with Gasteiger partial charge in [0, 0.05) is 55.4 Å². The van der Waals surface area contributed by atoms with Crippen molar-refractivity contribution in [3.63, 3.8) is 0 Å². The summed E-state index contributed by atoms with van der Waals surface area (Å²) in [6.45, 7) is 3.90. The summed E-state index contributed by atoms with van der Waals surface area (Å²) in [5.74, 6) is -0.208. The van der Waals surface area contributed by atoms with Crippen molar-refractivity contribution in [3.05, 3.63) is 71.2 Å². The van der Waals surface area contributed by atoms with Crippen LogP contribution in [0.15, 0.2) is 48.7 Å². The van der Waals surface area contributed by atoms with Crippen molar-refractivity contribution in [2.24, 2.45) is 0 Å². The second kappa shape index (κ2) is 7.83. The zero-order chi connectivity index (χ0) is 19.5. The van der Waals surface area contributed by atoms with Gasteiger partial charge in [0.05, 0.1) is 5.56 Å². The topological polar surface area (TPSA) is 63.1 Å². The van der Waals surface area contributed by atoms with E-state index in [0.717, 1.165) is 42.5 Å². The first-order valence-electron chi connectivity index (χ1n) is 9.41. The molecule has 6 heteroatoms. The number of piperazine rings is 1. The van der Waals surface area contributed by atoms with Gasteiger partial charge in [0.2, 0.25) is 0 Å². The third kappa shape index (κ3) is 3.75. The summed E-state index contributed by atoms with van der Waals surface area (Å²) in [7, 11) is 0. The number of nitrogens with one attached hydrogen (secondary N) is 1. The number of rotatable bonds is 4. The van der Waals surface area contributed by atoms with Gasteiger partial charge in [-0.1, -0.05) is 12.1 Å². The lowest BCUT2D eigenvalue weighted by molar-refractivity contribution is 0.0638. The van der Waals surface area contributed by atoms with Crippen LogP contribution < -0.4 is 0 Å². The summed E-state index contributed by atoms with van der Waals surface area (Å²) in [4.78, 5) is 20.1. The van der Waals surface area contributed by atoms with Crippen molar-refractivity contribution in [2.45, 2.75) is 6.42 Å². The number of carbonyl (C=O) groups excluding carboxylic acids is 1. The normalized spacial score (nSPS) is 14.9. The first-order chi connectivity index (χ1) is 13.6. The van der Waals surface area contributed by atoms with Gasteiger partial charge in [0.25, 0.3) is 5.91 Å². The van der Waals surface area contributed by atoms with Crippen molar-refractivity contribution in [3.8, 4) is 6.07 Å². The van der Waals surface area contributed by atoms with Crippen LogP contribution in [-0.4, -0.2) is 53.4 Å². The van der Waals surface area contributed by atoms with Crippen LogP contribution in [0.3, 0.4) is 0 Å². The Morgan fingerprint density at radius 2 is 1.86 bits per heavy atom. The molecule has 5 nitrogen and oxygen atoms in total. The molecular weight excluding hydrogens is 355 g/mol. The van der Waals surface area contributed by atoms with E-state index in [1.54, 1.807) is 12.3 Å². The molecule has 2 aromatic carbocycles. The number of nitrogens with zero attached hydrogens (tertiary/aromatic N) is 3. The molecule has 1 fully saturated rings. The molecule has 1 aromatic heterocycles. The van der Waals surface area contributed by atoms with Crippen molar-refractivity contribution in [2.75, 3.05) is 32.7 Å². The fraction of sp³-hybridized carbons (Fsp3) is 0.273. The number of H-pyrrole nitrogens is 1. The van der Waals surface area contributed by atoms with E-state index in [-0.39, 0.29) is 11.7 Å². The summed E-state index contributed by atoms with van der Waals surface area (Å²) in [5.41, 5.74) is 3.14. The Labute approximate surface area is 163 Å². The number of aromatic amines is 1. The summed E-state index contributed by atoms with van der Waals surface area (Å²) in [6.07, 6.45) is 2.54. The Hall–Kier alpha value is -3.17. The molecule has 0 spiro atoms. The van der Waals surface area contributed by atoms with Gasteiger partial charge in [-0.3, -0.25) is 9.69 Å². The quantitative estimate of drug-likeness (QED) is 0.761. The lowest BCUT2D eigenvalue weighted by Crippen LogP contribution is -2.49. The molecule has 3 aromatic rings. The van der Waals surface area contributed by atoms with E-state index in [9.17, 15) is 14.4 Å². The smallest absolute Gasteiger partial charge is 0.253 e. The monoisotopic (exact) mass is 376 g/mol. The molecule has 0 aliphatic carbocycles. The maximum Gasteiger partial charge on any atom is 0.253 e. The van der Waals surface area contributed by atoms with Crippen LogP contribution in [-0.2, 0) is 6.42 Å². The Morgan fingerprint density at radius 1 is 1.11 bits per heavy atom. The minimum absolute atomic E-state index is 0.00479. The van der Waals surface area contributed by atoms with E-state index in [0.29, 0.717) is 24.2 Å². The SMILES string of the molecule is N#Cc1c[nH]c2ccc(C(=O)N3CCN(CCc4ccc(F)cc4)CC3)cc12. The van der Waals surface area contributed by atoms with Crippen LogP contribution in [0.25, 0.3) is 10.9 Å². The Bertz CT molecular complexity index is 1030. The minimum atomic E-state index is -0.212. The minimum Gasteiger partial charge on any atom is -0.360 e. The predicted octanol–water partition coefficient (Wildman–Crippen LogP) is 3.18. The van der Waals surface area contributed by atoms with Crippen molar-refractivity contribution < 1.29 is 9.18 Å². The number of hydrogen-bond donors (Lipinski definition) is 1. The number of benzene rings is 2. The van der Waals surface area contributed by atoms with Crippen LogP contribution in [0.2, 0.25) is 0 Å². The molecule has 1 N–H and O–H groups in total. The Balaban J connectivity index is 1.35. The third-order valence-electron chi connectivity index (χ3n) is 5.34. The van der Waals surface area contributed by atoms with Gasteiger partial charge in [-0.2, -0.15) is 5.26 Å². The number of amides is 1. The van der Waals surface area contributed by atoms with Crippen molar-refractivity contribution in [1.82, 2.24) is 14.8 Å². The molecule has 4 rings (SSSR count). The molecule has 0 bridgehead atoms. The van der Waals surface area contributed by atoms with Crippen LogP contribution in [0.5, 0.6) is 0 Å². The fourth-order valence-corrected chi connectivity index (χ4v) is 3.64. The predicted molar refractivity (Wildman–Crippen MR) is 105 cm³/mol. The molecule has 142 valence electrons. The largest absolute Gasteiger partial charge is 0.360 e. The van der Waals surface area contributed by atoms with Crippen LogP contribution in [0.1, 0.15) is 21.5 Å². The second-order valence-electron chi connectivity index (χ2n) is 7.08. The highest BCUT2D eigenvalue weighted by molar-refractivity contribution is 5.99. The molecule has 1 aliphatic rings. The van der Waals surface area contributed by atoms with Crippen LogP contribution in [0, 0.1) is 17.1 Å². The van der Waals surface area contributed by atoms with E-state index in [1.165, 1.54) is 12.1 Å². The van der Waals surface area contributed by atoms with Crippen molar-refractivity contribution >= 4 is 16.8 Å². The van der Waals surface area contributed by atoms with Gasteiger partial charge >= 0.3 is 0 Å². The highest BCUT2D eigenvalue weighted by Gasteiger charge is 2.22. The lowest BCUT2D eigenvalue weighted by Gasteiger charge is -2.34. The lowest BCUT2D eigenvalue weighted by atomic mass is 10.1. The molecule has 0 atom stereocenters. The summed E-state index contributed by atoms with van der Waals surface area (Å²) in [6, 6.07) is 14.2. The van der Waals surface area contributed by atoms with E-state index < -0.39 is 0 Å². The molecule has 0 saturated carbocycles. The van der Waals surface area contributed by atoms with E-state index >= 15 is 0 Å². The molecular formula is C22H21FN4O. The number of fused-ring (bicyclic) bond motifs is 1. The number of hydrogen-bond acceptors (Lipinski definition) is 3. The Kier molecular flexibility index (Phi) is 5.09. The first-order valence-corrected chi connectivity index (χ1v) is 9.41. The Morgan fingerprint density at radius 3 is 2.57 bits per heavy atom. The number of nitriles is 1. The molecule has 1 saturated heterocycles. The highest BCUT2D eigenvalue weighted by Crippen LogP contribution is 2.20. The average Bonchev–Trinajstić information content (AvgIpc) is 3.15. The van der Waals surface area contributed by atoms with Gasteiger partial charge in [0.1, 0.15) is 11.9 Å². The second-order valence-corrected chi connectivity index (χ2v) is 7.08. The average molecular weight is 376 g/mol.